The smallest absolute Gasteiger partial charge is 0.0929 e. The van der Waals surface area contributed by atoms with E-state index in [1.54, 1.807) is 0 Å². The summed E-state index contributed by atoms with van der Waals surface area (Å²) in [4.78, 5) is 0. The predicted molar refractivity (Wildman–Crippen MR) is 126 cm³/mol. The van der Waals surface area contributed by atoms with Gasteiger partial charge in [-0.2, -0.15) is 5.10 Å². The normalized spacial score (nSPS) is 18.1. The molecule has 2 aromatic carbocycles. The second-order valence-corrected chi connectivity index (χ2v) is 9.08. The van der Waals surface area contributed by atoms with Crippen LogP contribution < -0.4 is 5.32 Å². The van der Waals surface area contributed by atoms with E-state index in [0.717, 1.165) is 38.0 Å². The molecule has 4 rings (SSSR count). The molecule has 0 bridgehead atoms. The van der Waals surface area contributed by atoms with E-state index in [-0.39, 0.29) is 5.41 Å². The molecule has 2 atom stereocenters. The minimum Gasteiger partial charge on any atom is -0.312 e. The van der Waals surface area contributed by atoms with Gasteiger partial charge in [-0.05, 0) is 61.9 Å². The molecule has 0 amide bonds. The van der Waals surface area contributed by atoms with Crippen molar-refractivity contribution in [1.29, 1.82) is 0 Å². The van der Waals surface area contributed by atoms with E-state index in [2.05, 4.69) is 87.5 Å². The lowest BCUT2D eigenvalue weighted by molar-refractivity contribution is 0.275. The third-order valence-corrected chi connectivity index (χ3v) is 7.14. The minimum absolute atomic E-state index is 0.0516. The topological polar surface area (TPSA) is 40.7 Å². The van der Waals surface area contributed by atoms with E-state index in [9.17, 15) is 0 Å². The first-order valence-corrected chi connectivity index (χ1v) is 11.4. The summed E-state index contributed by atoms with van der Waals surface area (Å²) in [6.45, 7) is 13.2. The van der Waals surface area contributed by atoms with Crippen LogP contribution in [0.15, 0.2) is 42.5 Å². The van der Waals surface area contributed by atoms with Gasteiger partial charge in [0.05, 0.1) is 5.69 Å². The Labute approximate surface area is 181 Å². The molecule has 1 aliphatic rings. The van der Waals surface area contributed by atoms with Crippen LogP contribution in [0.4, 0.5) is 0 Å². The number of aryl methyl sites for hydroxylation is 3. The fourth-order valence-electron chi connectivity index (χ4n) is 5.83. The van der Waals surface area contributed by atoms with Gasteiger partial charge >= 0.3 is 0 Å². The Hall–Kier alpha value is -2.39. The molecule has 2 heterocycles. The van der Waals surface area contributed by atoms with Crippen LogP contribution in [0.3, 0.4) is 0 Å². The molecular weight excluding hydrogens is 366 g/mol. The number of aromatic amines is 1. The van der Waals surface area contributed by atoms with Crippen molar-refractivity contribution in [2.24, 2.45) is 0 Å². The Morgan fingerprint density at radius 3 is 2.47 bits per heavy atom. The molecule has 0 saturated carbocycles. The van der Waals surface area contributed by atoms with Crippen molar-refractivity contribution in [2.75, 3.05) is 6.54 Å². The highest BCUT2D eigenvalue weighted by Gasteiger charge is 2.42. The van der Waals surface area contributed by atoms with Crippen LogP contribution in [0.5, 0.6) is 0 Å². The van der Waals surface area contributed by atoms with Crippen molar-refractivity contribution < 1.29 is 0 Å². The number of benzene rings is 2. The summed E-state index contributed by atoms with van der Waals surface area (Å²) in [7, 11) is 0. The van der Waals surface area contributed by atoms with E-state index in [1.165, 1.54) is 39.1 Å². The molecule has 0 radical (unpaired) electrons. The zero-order chi connectivity index (χ0) is 21.3. The highest BCUT2D eigenvalue weighted by Crippen LogP contribution is 2.47. The van der Waals surface area contributed by atoms with Crippen LogP contribution >= 0.6 is 0 Å². The zero-order valence-corrected chi connectivity index (χ0v) is 19.1. The van der Waals surface area contributed by atoms with Gasteiger partial charge in [0.25, 0.3) is 0 Å². The van der Waals surface area contributed by atoms with Crippen LogP contribution in [0.25, 0.3) is 11.3 Å². The minimum atomic E-state index is 0.0516. The molecule has 0 saturated heterocycles. The summed E-state index contributed by atoms with van der Waals surface area (Å²) in [6.07, 6.45) is 3.40. The highest BCUT2D eigenvalue weighted by atomic mass is 15.1. The lowest BCUT2D eigenvalue weighted by atomic mass is 9.64. The molecule has 0 spiro atoms. The van der Waals surface area contributed by atoms with Crippen molar-refractivity contribution in [3.8, 4) is 11.3 Å². The van der Waals surface area contributed by atoms with Gasteiger partial charge in [-0.1, -0.05) is 62.2 Å². The second kappa shape index (κ2) is 8.39. The molecule has 0 aliphatic carbocycles. The number of nitrogens with one attached hydrogen (secondary N) is 2. The quantitative estimate of drug-likeness (QED) is 0.506. The third-order valence-electron chi connectivity index (χ3n) is 7.14. The second-order valence-electron chi connectivity index (χ2n) is 9.08. The molecule has 2 N–H and O–H groups in total. The molecule has 3 nitrogen and oxygen atoms in total. The number of hydrogen-bond donors (Lipinski definition) is 2. The molecular formula is C27H35N3. The monoisotopic (exact) mass is 401 g/mol. The van der Waals surface area contributed by atoms with Gasteiger partial charge in [0.1, 0.15) is 0 Å². The Kier molecular flexibility index (Phi) is 5.84. The van der Waals surface area contributed by atoms with Crippen LogP contribution in [0.2, 0.25) is 0 Å². The molecule has 30 heavy (non-hydrogen) atoms. The fraction of sp³-hybridized carbons (Fsp3) is 0.444. The van der Waals surface area contributed by atoms with E-state index >= 15 is 0 Å². The Morgan fingerprint density at radius 2 is 1.77 bits per heavy atom. The van der Waals surface area contributed by atoms with Gasteiger partial charge in [-0.25, -0.2) is 0 Å². The number of nitrogens with zero attached hydrogens (tertiary/aromatic N) is 1. The summed E-state index contributed by atoms with van der Waals surface area (Å²) in [5, 5.41) is 12.0. The van der Waals surface area contributed by atoms with Crippen LogP contribution in [-0.2, 0) is 12.0 Å². The number of H-pyrrole nitrogens is 1. The third kappa shape index (κ3) is 3.50. The fourth-order valence-corrected chi connectivity index (χ4v) is 5.83. The highest BCUT2D eigenvalue weighted by molar-refractivity contribution is 5.68. The summed E-state index contributed by atoms with van der Waals surface area (Å²) in [5.74, 6) is 0.445. The Morgan fingerprint density at radius 1 is 1.03 bits per heavy atom. The standard InChI is InChI=1S/C27H35N3/c1-6-12-27(7-2,23-17-28-16-21-10-8-9-11-22(21)23)25-15-24(29-30-25)26-19(4)13-18(3)14-20(26)5/h8-11,13-15,23,28H,6-7,12,16-17H2,1-5H3,(H,29,30). The van der Waals surface area contributed by atoms with Gasteiger partial charge in [0.15, 0.2) is 0 Å². The van der Waals surface area contributed by atoms with Gasteiger partial charge in [-0.15, -0.1) is 0 Å². The molecule has 158 valence electrons. The van der Waals surface area contributed by atoms with Crippen molar-refractivity contribution in [2.45, 2.75) is 71.8 Å². The molecule has 2 unspecified atom stereocenters. The number of hydrogen-bond acceptors (Lipinski definition) is 2. The Balaban J connectivity index is 1.82. The maximum Gasteiger partial charge on any atom is 0.0929 e. The van der Waals surface area contributed by atoms with Gasteiger partial charge in [0.2, 0.25) is 0 Å². The molecule has 3 heteroatoms. The molecule has 0 fully saturated rings. The van der Waals surface area contributed by atoms with Crippen LogP contribution in [0, 0.1) is 20.8 Å². The number of fused-ring (bicyclic) bond motifs is 1. The van der Waals surface area contributed by atoms with Crippen molar-refractivity contribution in [3.63, 3.8) is 0 Å². The number of aromatic nitrogens is 2. The number of rotatable bonds is 6. The van der Waals surface area contributed by atoms with Gasteiger partial charge in [-0.3, -0.25) is 5.10 Å². The zero-order valence-electron chi connectivity index (χ0n) is 19.1. The Bertz CT molecular complexity index is 1010. The van der Waals surface area contributed by atoms with E-state index < -0.39 is 0 Å². The lowest BCUT2D eigenvalue weighted by Gasteiger charge is -2.43. The predicted octanol–water partition coefficient (Wildman–Crippen LogP) is 6.34. The van der Waals surface area contributed by atoms with Crippen molar-refractivity contribution >= 4 is 0 Å². The SMILES string of the molecule is CCCC(CC)(c1cc(-c2c(C)cc(C)cc2C)n[nH]1)C1CNCc2ccccc21. The maximum absolute atomic E-state index is 4.84. The molecule has 1 aliphatic heterocycles. The van der Waals surface area contributed by atoms with E-state index in [4.69, 9.17) is 5.10 Å². The largest absolute Gasteiger partial charge is 0.312 e. The first-order chi connectivity index (χ1) is 14.5. The average Bonchev–Trinajstić information content (AvgIpc) is 3.21. The van der Waals surface area contributed by atoms with Crippen LogP contribution in [-0.4, -0.2) is 16.7 Å². The first kappa shape index (κ1) is 20.9. The molecule has 3 aromatic rings. The first-order valence-electron chi connectivity index (χ1n) is 11.4. The van der Waals surface area contributed by atoms with Crippen molar-refractivity contribution in [3.05, 3.63) is 76.0 Å². The van der Waals surface area contributed by atoms with E-state index in [0.29, 0.717) is 5.92 Å². The van der Waals surface area contributed by atoms with E-state index in [1.807, 2.05) is 0 Å². The van der Waals surface area contributed by atoms with Crippen LogP contribution in [0.1, 0.15) is 72.5 Å². The summed E-state index contributed by atoms with van der Waals surface area (Å²) < 4.78 is 0. The van der Waals surface area contributed by atoms with Crippen molar-refractivity contribution in [1.82, 2.24) is 15.5 Å². The summed E-state index contributed by atoms with van der Waals surface area (Å²) in [5.41, 5.74) is 10.5. The van der Waals surface area contributed by atoms with Gasteiger partial charge < -0.3 is 5.32 Å². The summed E-state index contributed by atoms with van der Waals surface area (Å²) in [6, 6.07) is 15.8. The van der Waals surface area contributed by atoms with Gasteiger partial charge in [0, 0.05) is 35.7 Å². The average molecular weight is 402 g/mol. The molecule has 1 aromatic heterocycles. The summed E-state index contributed by atoms with van der Waals surface area (Å²) >= 11 is 0. The lowest BCUT2D eigenvalue weighted by Crippen LogP contribution is -2.42. The maximum atomic E-state index is 4.84.